The molecule has 1 aromatic rings. The highest BCUT2D eigenvalue weighted by molar-refractivity contribution is 5.24. The van der Waals surface area contributed by atoms with E-state index < -0.39 is 0 Å². The number of rotatable bonds is 3. The predicted molar refractivity (Wildman–Crippen MR) is 53.1 cm³/mol. The van der Waals surface area contributed by atoms with Crippen LogP contribution in [-0.4, -0.2) is 6.54 Å². The molecule has 1 nitrogen and oxygen atoms in total. The second kappa shape index (κ2) is 4.38. The van der Waals surface area contributed by atoms with Gasteiger partial charge in [0.15, 0.2) is 0 Å². The molecule has 0 bridgehead atoms. The zero-order valence-electron chi connectivity index (χ0n) is 8.18. The van der Waals surface area contributed by atoms with E-state index in [1.54, 1.807) is 6.07 Å². The van der Waals surface area contributed by atoms with Crippen molar-refractivity contribution < 1.29 is 4.39 Å². The Morgan fingerprint density at radius 3 is 2.77 bits per heavy atom. The van der Waals surface area contributed by atoms with Crippen molar-refractivity contribution in [2.75, 3.05) is 6.54 Å². The van der Waals surface area contributed by atoms with Gasteiger partial charge in [-0.1, -0.05) is 24.6 Å². The highest BCUT2D eigenvalue weighted by Gasteiger charge is 2.06. The van der Waals surface area contributed by atoms with E-state index in [0.717, 1.165) is 17.5 Å². The van der Waals surface area contributed by atoms with Crippen LogP contribution in [0.5, 0.6) is 0 Å². The third-order valence-electron chi connectivity index (χ3n) is 2.17. The molecule has 0 heterocycles. The van der Waals surface area contributed by atoms with Gasteiger partial charge < -0.3 is 5.73 Å². The third-order valence-corrected chi connectivity index (χ3v) is 2.17. The first-order valence-electron chi connectivity index (χ1n) is 4.58. The summed E-state index contributed by atoms with van der Waals surface area (Å²) in [5.41, 5.74) is 7.36. The lowest BCUT2D eigenvalue weighted by atomic mass is 9.99. The van der Waals surface area contributed by atoms with Gasteiger partial charge in [-0.3, -0.25) is 0 Å². The zero-order valence-corrected chi connectivity index (χ0v) is 8.18. The van der Waals surface area contributed by atoms with Gasteiger partial charge in [0.1, 0.15) is 5.82 Å². The number of halogens is 1. The monoisotopic (exact) mass is 181 g/mol. The van der Waals surface area contributed by atoms with Crippen LogP contribution in [0, 0.1) is 18.7 Å². The largest absolute Gasteiger partial charge is 0.330 e. The first kappa shape index (κ1) is 10.2. The number of aryl methyl sites for hydroxylation is 1. The summed E-state index contributed by atoms with van der Waals surface area (Å²) in [4.78, 5) is 0. The maximum Gasteiger partial charge on any atom is 0.126 e. The van der Waals surface area contributed by atoms with Crippen LogP contribution in [0.25, 0.3) is 0 Å². The molecular formula is C11H16FN. The van der Waals surface area contributed by atoms with Crippen molar-refractivity contribution in [2.24, 2.45) is 11.7 Å². The second-order valence-electron chi connectivity index (χ2n) is 3.64. The number of nitrogens with two attached hydrogens (primary N) is 1. The van der Waals surface area contributed by atoms with Gasteiger partial charge in [-0.05, 0) is 37.4 Å². The lowest BCUT2D eigenvalue weighted by Crippen LogP contribution is -2.13. The van der Waals surface area contributed by atoms with E-state index in [9.17, 15) is 4.39 Å². The minimum atomic E-state index is -0.120. The first-order valence-corrected chi connectivity index (χ1v) is 4.58. The maximum absolute atomic E-state index is 13.2. The molecule has 0 saturated carbocycles. The summed E-state index contributed by atoms with van der Waals surface area (Å²) in [6, 6.07) is 5.20. The Morgan fingerprint density at radius 1 is 1.46 bits per heavy atom. The molecule has 13 heavy (non-hydrogen) atoms. The molecule has 0 radical (unpaired) electrons. The van der Waals surface area contributed by atoms with E-state index >= 15 is 0 Å². The summed E-state index contributed by atoms with van der Waals surface area (Å²) in [6.07, 6.45) is 0.726. The van der Waals surface area contributed by atoms with Crippen LogP contribution >= 0.6 is 0 Å². The molecule has 72 valence electrons. The smallest absolute Gasteiger partial charge is 0.126 e. The fraction of sp³-hybridized carbons (Fsp3) is 0.455. The predicted octanol–water partition coefficient (Wildman–Crippen LogP) is 2.27. The molecule has 0 aliphatic rings. The number of hydrogen-bond acceptors (Lipinski definition) is 1. The number of benzene rings is 1. The Kier molecular flexibility index (Phi) is 3.43. The fourth-order valence-electron chi connectivity index (χ4n) is 1.32. The van der Waals surface area contributed by atoms with E-state index in [0.29, 0.717) is 12.5 Å². The Hall–Kier alpha value is -0.890. The van der Waals surface area contributed by atoms with Crippen LogP contribution in [0.3, 0.4) is 0 Å². The van der Waals surface area contributed by atoms with E-state index in [1.165, 1.54) is 6.07 Å². The van der Waals surface area contributed by atoms with Gasteiger partial charge in [-0.25, -0.2) is 4.39 Å². The average molecular weight is 181 g/mol. The van der Waals surface area contributed by atoms with Gasteiger partial charge in [-0.2, -0.15) is 0 Å². The average Bonchev–Trinajstić information content (AvgIpc) is 2.11. The summed E-state index contributed by atoms with van der Waals surface area (Å²) in [5.74, 6) is 0.224. The Bertz CT molecular complexity index is 283. The van der Waals surface area contributed by atoms with Crippen LogP contribution in [-0.2, 0) is 6.42 Å². The van der Waals surface area contributed by atoms with Crippen molar-refractivity contribution in [3.63, 3.8) is 0 Å². The lowest BCUT2D eigenvalue weighted by molar-refractivity contribution is 0.551. The van der Waals surface area contributed by atoms with Crippen LogP contribution in [0.2, 0.25) is 0 Å². The zero-order chi connectivity index (χ0) is 9.84. The summed E-state index contributed by atoms with van der Waals surface area (Å²) < 4.78 is 13.2. The van der Waals surface area contributed by atoms with Gasteiger partial charge in [0.05, 0.1) is 0 Å². The maximum atomic E-state index is 13.2. The third kappa shape index (κ3) is 2.81. The molecule has 0 fully saturated rings. The molecule has 0 aliphatic heterocycles. The minimum absolute atomic E-state index is 0.120. The van der Waals surface area contributed by atoms with Crippen molar-refractivity contribution in [1.29, 1.82) is 0 Å². The molecular weight excluding hydrogens is 165 g/mol. The summed E-state index contributed by atoms with van der Waals surface area (Å²) in [5, 5.41) is 0. The quantitative estimate of drug-likeness (QED) is 0.760. The topological polar surface area (TPSA) is 26.0 Å². The Morgan fingerprint density at radius 2 is 2.15 bits per heavy atom. The molecule has 1 rings (SSSR count). The van der Waals surface area contributed by atoms with Crippen molar-refractivity contribution in [3.8, 4) is 0 Å². The molecule has 0 aromatic heterocycles. The van der Waals surface area contributed by atoms with Gasteiger partial charge in [0.2, 0.25) is 0 Å². The highest BCUT2D eigenvalue weighted by Crippen LogP contribution is 2.14. The van der Waals surface area contributed by atoms with Gasteiger partial charge in [0, 0.05) is 0 Å². The van der Waals surface area contributed by atoms with Gasteiger partial charge in [0.25, 0.3) is 0 Å². The molecule has 0 saturated heterocycles. The van der Waals surface area contributed by atoms with E-state index in [4.69, 9.17) is 5.73 Å². The van der Waals surface area contributed by atoms with E-state index in [-0.39, 0.29) is 5.82 Å². The fourth-order valence-corrected chi connectivity index (χ4v) is 1.32. The van der Waals surface area contributed by atoms with Crippen LogP contribution in [0.15, 0.2) is 18.2 Å². The van der Waals surface area contributed by atoms with Crippen molar-refractivity contribution in [1.82, 2.24) is 0 Å². The van der Waals surface area contributed by atoms with Crippen LogP contribution in [0.4, 0.5) is 4.39 Å². The Labute approximate surface area is 78.8 Å². The Balaban J connectivity index is 2.81. The van der Waals surface area contributed by atoms with Crippen molar-refractivity contribution >= 4 is 0 Å². The molecule has 2 heteroatoms. The molecule has 1 aromatic carbocycles. The number of hydrogen-bond donors (Lipinski definition) is 1. The molecule has 1 unspecified atom stereocenters. The first-order chi connectivity index (χ1) is 6.13. The standard InChI is InChI=1S/C11H16FN/c1-8-3-4-11(12)10(5-8)6-9(2)7-13/h3-5,9H,6-7,13H2,1-2H3. The second-order valence-corrected chi connectivity index (χ2v) is 3.64. The normalized spacial score (nSPS) is 12.9. The molecule has 0 amide bonds. The molecule has 0 spiro atoms. The van der Waals surface area contributed by atoms with E-state index in [1.807, 2.05) is 19.9 Å². The van der Waals surface area contributed by atoms with Crippen LogP contribution < -0.4 is 5.73 Å². The molecule has 1 atom stereocenters. The lowest BCUT2D eigenvalue weighted by Gasteiger charge is -2.09. The highest BCUT2D eigenvalue weighted by atomic mass is 19.1. The van der Waals surface area contributed by atoms with Crippen LogP contribution in [0.1, 0.15) is 18.1 Å². The molecule has 2 N–H and O–H groups in total. The van der Waals surface area contributed by atoms with Crippen molar-refractivity contribution in [3.05, 3.63) is 35.1 Å². The summed E-state index contributed by atoms with van der Waals surface area (Å²) >= 11 is 0. The SMILES string of the molecule is Cc1ccc(F)c(CC(C)CN)c1. The molecule has 0 aliphatic carbocycles. The van der Waals surface area contributed by atoms with E-state index in [2.05, 4.69) is 0 Å². The van der Waals surface area contributed by atoms with Gasteiger partial charge in [-0.15, -0.1) is 0 Å². The minimum Gasteiger partial charge on any atom is -0.330 e. The van der Waals surface area contributed by atoms with Crippen molar-refractivity contribution in [2.45, 2.75) is 20.3 Å². The summed E-state index contributed by atoms with van der Waals surface area (Å²) in [7, 11) is 0. The van der Waals surface area contributed by atoms with Gasteiger partial charge >= 0.3 is 0 Å². The summed E-state index contributed by atoms with van der Waals surface area (Å²) in [6.45, 7) is 4.60.